The summed E-state index contributed by atoms with van der Waals surface area (Å²) in [5, 5.41) is 3.27. The maximum atomic E-state index is 12.6. The lowest BCUT2D eigenvalue weighted by Gasteiger charge is -2.53. The molecule has 4 rings (SSSR count). The van der Waals surface area contributed by atoms with E-state index >= 15 is 0 Å². The number of rotatable bonds is 5. The third-order valence-corrected chi connectivity index (χ3v) is 6.04. The lowest BCUT2D eigenvalue weighted by Crippen LogP contribution is -2.52. The van der Waals surface area contributed by atoms with E-state index in [1.807, 2.05) is 0 Å². The number of carbonyl (C=O) groups is 1. The second-order valence-corrected chi connectivity index (χ2v) is 7.43. The van der Waals surface area contributed by atoms with E-state index in [1.54, 1.807) is 0 Å². The molecular formula is C16H26ClNO. The normalized spacial score (nSPS) is 41.3. The highest BCUT2D eigenvalue weighted by atomic mass is 35.5. The molecule has 4 aliphatic rings. The van der Waals surface area contributed by atoms with Crippen LogP contribution in [0.4, 0.5) is 0 Å². The van der Waals surface area contributed by atoms with Crippen LogP contribution in [0, 0.1) is 29.6 Å². The molecular weight excluding hydrogens is 258 g/mol. The Balaban J connectivity index is 1.63. The summed E-state index contributed by atoms with van der Waals surface area (Å²) < 4.78 is 0. The molecule has 0 aromatic rings. The molecule has 108 valence electrons. The number of hydrogen-bond donors (Lipinski definition) is 1. The Bertz CT molecular complexity index is 316. The minimum absolute atomic E-state index is 0.280. The molecule has 1 atom stereocenters. The summed E-state index contributed by atoms with van der Waals surface area (Å²) in [5.74, 6) is 4.55. The van der Waals surface area contributed by atoms with Crippen LogP contribution in [0.2, 0.25) is 0 Å². The second-order valence-electron chi connectivity index (χ2n) is 7.05. The predicted molar refractivity (Wildman–Crippen MR) is 78.1 cm³/mol. The highest BCUT2D eigenvalue weighted by Crippen LogP contribution is 2.56. The van der Waals surface area contributed by atoms with Gasteiger partial charge < -0.3 is 5.32 Å². The van der Waals surface area contributed by atoms with Crippen LogP contribution in [0.15, 0.2) is 0 Å². The van der Waals surface area contributed by atoms with E-state index in [9.17, 15) is 4.79 Å². The third-order valence-electron chi connectivity index (χ3n) is 5.83. The van der Waals surface area contributed by atoms with Gasteiger partial charge in [-0.05, 0) is 68.6 Å². The van der Waals surface area contributed by atoms with Gasteiger partial charge in [-0.1, -0.05) is 6.92 Å². The lowest BCUT2D eigenvalue weighted by atomic mass is 9.51. The van der Waals surface area contributed by atoms with Crippen molar-refractivity contribution < 1.29 is 4.79 Å². The molecule has 0 aromatic heterocycles. The van der Waals surface area contributed by atoms with Gasteiger partial charge in [-0.2, -0.15) is 0 Å². The molecule has 0 radical (unpaired) electrons. The first kappa shape index (κ1) is 13.7. The van der Waals surface area contributed by atoms with Crippen LogP contribution in [0.1, 0.15) is 51.9 Å². The van der Waals surface area contributed by atoms with E-state index in [4.69, 9.17) is 11.6 Å². The molecule has 1 N–H and O–H groups in total. The van der Waals surface area contributed by atoms with Crippen molar-refractivity contribution in [2.45, 2.75) is 57.9 Å². The Morgan fingerprint density at radius 2 is 1.74 bits per heavy atom. The first-order chi connectivity index (χ1) is 9.21. The van der Waals surface area contributed by atoms with Gasteiger partial charge in [0.2, 0.25) is 5.91 Å². The van der Waals surface area contributed by atoms with Crippen LogP contribution in [-0.4, -0.2) is 17.8 Å². The number of hydrogen-bond acceptors (Lipinski definition) is 1. The van der Waals surface area contributed by atoms with Crippen molar-refractivity contribution >= 4 is 17.5 Å². The first-order valence-electron chi connectivity index (χ1n) is 8.07. The summed E-state index contributed by atoms with van der Waals surface area (Å²) in [7, 11) is 0. The minimum atomic E-state index is 0.280. The molecule has 19 heavy (non-hydrogen) atoms. The summed E-state index contributed by atoms with van der Waals surface area (Å²) in [6, 6.07) is 0.280. The van der Waals surface area contributed by atoms with E-state index in [0.29, 0.717) is 29.5 Å². The highest BCUT2D eigenvalue weighted by Gasteiger charge is 2.50. The number of carbonyl (C=O) groups excluding carboxylic acids is 1. The Labute approximate surface area is 121 Å². The number of halogens is 1. The van der Waals surface area contributed by atoms with Gasteiger partial charge in [-0.3, -0.25) is 4.79 Å². The van der Waals surface area contributed by atoms with Gasteiger partial charge in [0.1, 0.15) is 0 Å². The summed E-state index contributed by atoms with van der Waals surface area (Å²) in [4.78, 5) is 12.6. The van der Waals surface area contributed by atoms with Crippen molar-refractivity contribution in [3.8, 4) is 0 Å². The molecule has 1 unspecified atom stereocenters. The molecule has 3 heteroatoms. The quantitative estimate of drug-likeness (QED) is 0.768. The maximum Gasteiger partial charge on any atom is 0.223 e. The average molecular weight is 284 g/mol. The Kier molecular flexibility index (Phi) is 4.07. The average Bonchev–Trinajstić information content (AvgIpc) is 2.36. The maximum absolute atomic E-state index is 12.6. The number of amides is 1. The van der Waals surface area contributed by atoms with Crippen LogP contribution >= 0.6 is 11.6 Å². The van der Waals surface area contributed by atoms with Gasteiger partial charge in [0.05, 0.1) is 0 Å². The molecule has 4 aliphatic carbocycles. The molecule has 4 saturated carbocycles. The Morgan fingerprint density at radius 1 is 1.16 bits per heavy atom. The van der Waals surface area contributed by atoms with E-state index in [0.717, 1.165) is 24.7 Å². The van der Waals surface area contributed by atoms with Crippen LogP contribution in [0.3, 0.4) is 0 Å². The predicted octanol–water partition coefficient (Wildman–Crippen LogP) is 3.58. The van der Waals surface area contributed by atoms with Gasteiger partial charge in [0, 0.05) is 17.8 Å². The SMILES string of the molecule is CCC(CCCl)NC(=O)C1C2CC3CC(C2)CC1C3. The van der Waals surface area contributed by atoms with Gasteiger partial charge in [0.25, 0.3) is 0 Å². The summed E-state index contributed by atoms with van der Waals surface area (Å²) >= 11 is 5.81. The Morgan fingerprint density at radius 3 is 2.21 bits per heavy atom. The standard InChI is InChI=1S/C16H26ClNO/c1-2-14(3-4-17)18-16(19)15-12-6-10-5-11(8-12)9-13(15)7-10/h10-15H,2-9H2,1H3,(H,18,19). The fraction of sp³-hybridized carbons (Fsp3) is 0.938. The molecule has 2 nitrogen and oxygen atoms in total. The molecule has 0 aliphatic heterocycles. The molecule has 0 aromatic carbocycles. The van der Waals surface area contributed by atoms with Crippen molar-refractivity contribution in [2.24, 2.45) is 29.6 Å². The van der Waals surface area contributed by atoms with Gasteiger partial charge in [0.15, 0.2) is 0 Å². The fourth-order valence-electron chi connectivity index (χ4n) is 5.16. The molecule has 0 heterocycles. The van der Waals surface area contributed by atoms with Crippen LogP contribution < -0.4 is 5.32 Å². The molecule has 4 bridgehead atoms. The zero-order valence-electron chi connectivity index (χ0n) is 11.9. The van der Waals surface area contributed by atoms with Crippen LogP contribution in [0.5, 0.6) is 0 Å². The smallest absolute Gasteiger partial charge is 0.223 e. The number of alkyl halides is 1. The largest absolute Gasteiger partial charge is 0.353 e. The lowest BCUT2D eigenvalue weighted by molar-refractivity contribution is -0.138. The van der Waals surface area contributed by atoms with Crippen molar-refractivity contribution in [1.29, 1.82) is 0 Å². The van der Waals surface area contributed by atoms with Crippen molar-refractivity contribution in [3.63, 3.8) is 0 Å². The Hall–Kier alpha value is -0.240. The van der Waals surface area contributed by atoms with Crippen molar-refractivity contribution in [3.05, 3.63) is 0 Å². The fourth-order valence-corrected chi connectivity index (χ4v) is 5.42. The zero-order chi connectivity index (χ0) is 13.4. The van der Waals surface area contributed by atoms with E-state index in [2.05, 4.69) is 12.2 Å². The highest BCUT2D eigenvalue weighted by molar-refractivity contribution is 6.17. The zero-order valence-corrected chi connectivity index (χ0v) is 12.7. The van der Waals surface area contributed by atoms with E-state index in [1.165, 1.54) is 32.1 Å². The topological polar surface area (TPSA) is 29.1 Å². The van der Waals surface area contributed by atoms with E-state index < -0.39 is 0 Å². The summed E-state index contributed by atoms with van der Waals surface area (Å²) in [6.07, 6.45) is 8.61. The van der Waals surface area contributed by atoms with Gasteiger partial charge in [-0.15, -0.1) is 11.6 Å². The molecule has 1 amide bonds. The minimum Gasteiger partial charge on any atom is -0.353 e. The van der Waals surface area contributed by atoms with Gasteiger partial charge >= 0.3 is 0 Å². The monoisotopic (exact) mass is 283 g/mol. The molecule has 0 saturated heterocycles. The van der Waals surface area contributed by atoms with Crippen molar-refractivity contribution in [2.75, 3.05) is 5.88 Å². The second kappa shape index (κ2) is 5.63. The molecule has 0 spiro atoms. The third kappa shape index (κ3) is 2.66. The van der Waals surface area contributed by atoms with Crippen LogP contribution in [0.25, 0.3) is 0 Å². The van der Waals surface area contributed by atoms with Crippen molar-refractivity contribution in [1.82, 2.24) is 5.32 Å². The van der Waals surface area contributed by atoms with Crippen LogP contribution in [-0.2, 0) is 4.79 Å². The number of nitrogens with one attached hydrogen (secondary N) is 1. The molecule has 4 fully saturated rings. The first-order valence-corrected chi connectivity index (χ1v) is 8.61. The summed E-state index contributed by atoms with van der Waals surface area (Å²) in [5.41, 5.74) is 0. The van der Waals surface area contributed by atoms with E-state index in [-0.39, 0.29) is 6.04 Å². The van der Waals surface area contributed by atoms with Gasteiger partial charge in [-0.25, -0.2) is 0 Å². The summed E-state index contributed by atoms with van der Waals surface area (Å²) in [6.45, 7) is 2.13.